The van der Waals surface area contributed by atoms with Gasteiger partial charge < -0.3 is 14.2 Å². The van der Waals surface area contributed by atoms with E-state index in [2.05, 4.69) is 10.1 Å². The van der Waals surface area contributed by atoms with E-state index in [1.807, 2.05) is 0 Å². The number of nitro groups is 1. The van der Waals surface area contributed by atoms with Gasteiger partial charge in [0, 0.05) is 24.7 Å². The van der Waals surface area contributed by atoms with E-state index in [0.29, 0.717) is 24.8 Å². The highest BCUT2D eigenvalue weighted by Gasteiger charge is 2.29. The van der Waals surface area contributed by atoms with Crippen molar-refractivity contribution in [3.63, 3.8) is 0 Å². The molecule has 9 nitrogen and oxygen atoms in total. The van der Waals surface area contributed by atoms with E-state index in [9.17, 15) is 14.9 Å². The lowest BCUT2D eigenvalue weighted by atomic mass is 9.97. The van der Waals surface area contributed by atoms with Crippen molar-refractivity contribution in [2.45, 2.75) is 25.7 Å². The summed E-state index contributed by atoms with van der Waals surface area (Å²) in [5.74, 6) is 0.929. The smallest absolute Gasteiger partial charge is 0.311 e. The molecular weight excluding hydrogens is 328 g/mol. The summed E-state index contributed by atoms with van der Waals surface area (Å²) in [5, 5.41) is 14.9. The van der Waals surface area contributed by atoms with E-state index < -0.39 is 4.92 Å². The molecule has 2 heterocycles. The lowest BCUT2D eigenvalue weighted by Gasteiger charge is -2.31. The predicted molar refractivity (Wildman–Crippen MR) is 86.6 cm³/mol. The Balaban J connectivity index is 1.80. The van der Waals surface area contributed by atoms with Crippen LogP contribution in [0.4, 0.5) is 5.69 Å². The van der Waals surface area contributed by atoms with Crippen LogP contribution < -0.4 is 4.74 Å². The molecule has 1 aliphatic heterocycles. The van der Waals surface area contributed by atoms with Gasteiger partial charge in [-0.15, -0.1) is 0 Å². The van der Waals surface area contributed by atoms with Crippen molar-refractivity contribution in [3.8, 4) is 5.75 Å². The fourth-order valence-corrected chi connectivity index (χ4v) is 2.99. The van der Waals surface area contributed by atoms with Gasteiger partial charge in [0.25, 0.3) is 5.91 Å². The van der Waals surface area contributed by atoms with Gasteiger partial charge in [0.2, 0.25) is 5.89 Å². The number of carbonyl (C=O) groups excluding carboxylic acids is 1. The van der Waals surface area contributed by atoms with E-state index in [1.165, 1.54) is 25.3 Å². The maximum Gasteiger partial charge on any atom is 0.311 e. The number of aromatic nitrogens is 2. The maximum atomic E-state index is 12.8. The zero-order valence-corrected chi connectivity index (χ0v) is 14.0. The van der Waals surface area contributed by atoms with E-state index in [4.69, 9.17) is 9.26 Å². The van der Waals surface area contributed by atoms with Crippen LogP contribution in [0, 0.1) is 17.0 Å². The van der Waals surface area contributed by atoms with Crippen molar-refractivity contribution in [2.75, 3.05) is 20.2 Å². The minimum absolute atomic E-state index is 0.0212. The molecule has 0 bridgehead atoms. The van der Waals surface area contributed by atoms with Gasteiger partial charge in [-0.1, -0.05) is 5.16 Å². The highest BCUT2D eigenvalue weighted by Crippen LogP contribution is 2.30. The molecule has 1 aliphatic rings. The van der Waals surface area contributed by atoms with Crippen LogP contribution in [-0.2, 0) is 0 Å². The fraction of sp³-hybridized carbons (Fsp3) is 0.438. The van der Waals surface area contributed by atoms with Crippen LogP contribution in [0.2, 0.25) is 0 Å². The Morgan fingerprint density at radius 1 is 1.48 bits per heavy atom. The molecule has 0 aliphatic carbocycles. The van der Waals surface area contributed by atoms with Crippen LogP contribution >= 0.6 is 0 Å². The van der Waals surface area contributed by atoms with Crippen molar-refractivity contribution in [1.29, 1.82) is 0 Å². The number of ether oxygens (including phenoxy) is 1. The van der Waals surface area contributed by atoms with Crippen LogP contribution in [0.1, 0.15) is 40.8 Å². The fourth-order valence-electron chi connectivity index (χ4n) is 2.99. The van der Waals surface area contributed by atoms with Gasteiger partial charge in [-0.2, -0.15) is 4.98 Å². The number of nitrogens with zero attached hydrogens (tertiary/aromatic N) is 4. The molecule has 1 amide bonds. The summed E-state index contributed by atoms with van der Waals surface area (Å²) in [6, 6.07) is 4.23. The zero-order valence-electron chi connectivity index (χ0n) is 14.0. The monoisotopic (exact) mass is 346 g/mol. The Labute approximate surface area is 143 Å². The first-order valence-electron chi connectivity index (χ1n) is 7.91. The number of aryl methyl sites for hydroxylation is 1. The van der Waals surface area contributed by atoms with Crippen molar-refractivity contribution < 1.29 is 19.0 Å². The molecule has 1 saturated heterocycles. The second kappa shape index (κ2) is 6.88. The van der Waals surface area contributed by atoms with Gasteiger partial charge in [0.05, 0.1) is 18.0 Å². The summed E-state index contributed by atoms with van der Waals surface area (Å²) in [6.07, 6.45) is 1.66. The molecule has 1 aromatic heterocycles. The molecule has 0 radical (unpaired) electrons. The van der Waals surface area contributed by atoms with Crippen molar-refractivity contribution in [2.24, 2.45) is 0 Å². The van der Waals surface area contributed by atoms with Crippen LogP contribution in [0.5, 0.6) is 5.75 Å². The van der Waals surface area contributed by atoms with Gasteiger partial charge in [0.15, 0.2) is 11.6 Å². The van der Waals surface area contributed by atoms with Crippen LogP contribution in [0.15, 0.2) is 22.7 Å². The average Bonchev–Trinajstić information content (AvgIpc) is 3.07. The number of carbonyl (C=O) groups is 1. The number of amides is 1. The third kappa shape index (κ3) is 3.44. The molecule has 9 heteroatoms. The molecule has 3 rings (SSSR count). The van der Waals surface area contributed by atoms with Crippen LogP contribution in [0.3, 0.4) is 0 Å². The summed E-state index contributed by atoms with van der Waals surface area (Å²) in [7, 11) is 1.35. The summed E-state index contributed by atoms with van der Waals surface area (Å²) in [4.78, 5) is 29.2. The van der Waals surface area contributed by atoms with Gasteiger partial charge in [-0.05, 0) is 31.9 Å². The van der Waals surface area contributed by atoms with Crippen molar-refractivity contribution in [3.05, 3.63) is 45.6 Å². The number of rotatable bonds is 4. The van der Waals surface area contributed by atoms with Crippen LogP contribution in [0.25, 0.3) is 0 Å². The lowest BCUT2D eigenvalue weighted by molar-refractivity contribution is -0.385. The van der Waals surface area contributed by atoms with E-state index in [1.54, 1.807) is 11.8 Å². The summed E-state index contributed by atoms with van der Waals surface area (Å²) < 4.78 is 10.2. The largest absolute Gasteiger partial charge is 0.490 e. The molecule has 1 fully saturated rings. The first-order chi connectivity index (χ1) is 12.0. The summed E-state index contributed by atoms with van der Waals surface area (Å²) in [6.45, 7) is 2.78. The Bertz CT molecular complexity index is 804. The minimum Gasteiger partial charge on any atom is -0.490 e. The quantitative estimate of drug-likeness (QED) is 0.617. The first kappa shape index (κ1) is 16.9. The molecule has 25 heavy (non-hydrogen) atoms. The van der Waals surface area contributed by atoms with Gasteiger partial charge in [-0.25, -0.2) is 0 Å². The number of methoxy groups -OCH3 is 1. The highest BCUT2D eigenvalue weighted by atomic mass is 16.6. The second-order valence-electron chi connectivity index (χ2n) is 5.91. The SMILES string of the molecule is COc1ccc(C(=O)N2CCC[C@H](c3nc(C)no3)C2)cc1[N+](=O)[O-]. The minimum atomic E-state index is -0.560. The number of benzene rings is 1. The Kier molecular flexibility index (Phi) is 4.64. The molecule has 132 valence electrons. The standard InChI is InChI=1S/C16H18N4O5/c1-10-17-15(25-18-10)12-4-3-7-19(9-12)16(21)11-5-6-14(24-2)13(8-11)20(22)23/h5-6,8,12H,3-4,7,9H2,1-2H3/t12-/m0/s1. The molecule has 0 saturated carbocycles. The number of hydrogen-bond acceptors (Lipinski definition) is 7. The summed E-state index contributed by atoms with van der Waals surface area (Å²) >= 11 is 0. The third-order valence-electron chi connectivity index (χ3n) is 4.22. The molecule has 2 aromatic rings. The Morgan fingerprint density at radius 2 is 2.28 bits per heavy atom. The van der Waals surface area contributed by atoms with Gasteiger partial charge in [0.1, 0.15) is 0 Å². The maximum absolute atomic E-state index is 12.8. The highest BCUT2D eigenvalue weighted by molar-refractivity contribution is 5.95. The lowest BCUT2D eigenvalue weighted by Crippen LogP contribution is -2.39. The normalized spacial score (nSPS) is 17.4. The number of piperidine rings is 1. The summed E-state index contributed by atoms with van der Waals surface area (Å²) in [5.41, 5.74) is 0.0318. The molecule has 0 unspecified atom stereocenters. The average molecular weight is 346 g/mol. The first-order valence-corrected chi connectivity index (χ1v) is 7.91. The van der Waals surface area contributed by atoms with Crippen molar-refractivity contribution in [1.82, 2.24) is 15.0 Å². The number of nitro benzene ring substituents is 1. The topological polar surface area (TPSA) is 112 Å². The third-order valence-corrected chi connectivity index (χ3v) is 4.22. The van der Waals surface area contributed by atoms with E-state index in [-0.39, 0.29) is 28.8 Å². The molecular formula is C16H18N4O5. The van der Waals surface area contributed by atoms with Crippen LogP contribution in [-0.4, -0.2) is 46.1 Å². The van der Waals surface area contributed by atoms with Gasteiger partial charge in [-0.3, -0.25) is 14.9 Å². The number of likely N-dealkylation sites (tertiary alicyclic amines) is 1. The van der Waals surface area contributed by atoms with Crippen molar-refractivity contribution >= 4 is 11.6 Å². The predicted octanol–water partition coefficient (Wildman–Crippen LogP) is 2.31. The molecule has 0 N–H and O–H groups in total. The van der Waals surface area contributed by atoms with Gasteiger partial charge >= 0.3 is 5.69 Å². The molecule has 0 spiro atoms. The Morgan fingerprint density at radius 3 is 2.92 bits per heavy atom. The second-order valence-corrected chi connectivity index (χ2v) is 5.91. The van der Waals surface area contributed by atoms with E-state index >= 15 is 0 Å². The number of hydrogen-bond donors (Lipinski definition) is 0. The molecule has 1 aromatic carbocycles. The van der Waals surface area contributed by atoms with E-state index in [0.717, 1.165) is 12.8 Å². The zero-order chi connectivity index (χ0) is 18.0. The Hall–Kier alpha value is -2.97. The molecule has 1 atom stereocenters.